The van der Waals surface area contributed by atoms with Crippen LogP contribution in [0, 0.1) is 10.1 Å². The van der Waals surface area contributed by atoms with Crippen LogP contribution in [0.1, 0.15) is 45.7 Å². The summed E-state index contributed by atoms with van der Waals surface area (Å²) in [5, 5.41) is 9.43. The number of hydrogen-bond acceptors (Lipinski definition) is 8. The number of benzene rings is 1. The van der Waals surface area contributed by atoms with Crippen molar-refractivity contribution in [2.75, 3.05) is 6.79 Å². The molecule has 0 saturated carbocycles. The molecule has 1 atom stereocenters. The fraction of sp³-hybridized carbons (Fsp3) is 0.500. The number of fused-ring (bicyclic) bond motifs is 1. The van der Waals surface area contributed by atoms with Crippen molar-refractivity contribution in [3.05, 3.63) is 44.0 Å². The Morgan fingerprint density at radius 2 is 1.76 bits per heavy atom. The molecule has 0 aromatic heterocycles. The third-order valence-electron chi connectivity index (χ3n) is 4.45. The van der Waals surface area contributed by atoms with E-state index in [0.29, 0.717) is 5.56 Å². The van der Waals surface area contributed by atoms with E-state index in [1.165, 1.54) is 12.1 Å². The summed E-state index contributed by atoms with van der Waals surface area (Å²) in [6.45, 7) is 6.39. The molecule has 0 spiro atoms. The number of carbonyl (C=O) groups excluding carboxylic acids is 2. The molecule has 1 aliphatic rings. The van der Waals surface area contributed by atoms with E-state index in [0.717, 1.165) is 19.9 Å². The van der Waals surface area contributed by atoms with Gasteiger partial charge in [-0.3, -0.25) is 4.84 Å². The van der Waals surface area contributed by atoms with E-state index in [-0.39, 0.29) is 16.3 Å². The van der Waals surface area contributed by atoms with Crippen LogP contribution in [-0.4, -0.2) is 41.7 Å². The molecule has 13 heteroatoms. The molecule has 2 rings (SSSR count). The predicted molar refractivity (Wildman–Crippen MR) is 108 cm³/mol. The van der Waals surface area contributed by atoms with Crippen molar-refractivity contribution in [2.24, 2.45) is 0 Å². The molecule has 0 saturated heterocycles. The summed E-state index contributed by atoms with van der Waals surface area (Å²) in [4.78, 5) is 38.7. The first-order chi connectivity index (χ1) is 14.9. The molecule has 33 heavy (non-hydrogen) atoms. The van der Waals surface area contributed by atoms with Crippen LogP contribution in [-0.2, 0) is 29.3 Å². The zero-order valence-electron chi connectivity index (χ0n) is 18.2. The molecule has 0 fully saturated rings. The van der Waals surface area contributed by atoms with Gasteiger partial charge in [0, 0.05) is 10.6 Å². The van der Waals surface area contributed by atoms with E-state index in [1.807, 2.05) is 20.8 Å². The van der Waals surface area contributed by atoms with Crippen molar-refractivity contribution in [3.63, 3.8) is 0 Å². The summed E-state index contributed by atoms with van der Waals surface area (Å²) in [5.41, 5.74) is -2.74. The van der Waals surface area contributed by atoms with Crippen molar-refractivity contribution in [1.82, 2.24) is 0 Å². The second kappa shape index (κ2) is 9.08. The minimum absolute atomic E-state index is 0.117. The Hall–Kier alpha value is -3.02. The molecule has 1 aromatic carbocycles. The Morgan fingerprint density at radius 3 is 2.27 bits per heavy atom. The van der Waals surface area contributed by atoms with Crippen molar-refractivity contribution >= 4 is 29.6 Å². The number of carbonyl (C=O) groups is 2. The number of alkyl halides is 3. The molecule has 1 unspecified atom stereocenters. The monoisotopic (exact) mass is 495 g/mol. The Bertz CT molecular complexity index is 998. The van der Waals surface area contributed by atoms with Gasteiger partial charge in [0.1, 0.15) is 5.75 Å². The normalized spacial score (nSPS) is 16.2. The molecule has 182 valence electrons. The predicted octanol–water partition coefficient (Wildman–Crippen LogP) is 4.38. The van der Waals surface area contributed by atoms with Crippen molar-refractivity contribution < 1.29 is 46.9 Å². The average molecular weight is 496 g/mol. The molecule has 0 aliphatic carbocycles. The lowest BCUT2D eigenvalue weighted by Gasteiger charge is -2.30. The number of ether oxygens (including phenoxy) is 3. The van der Waals surface area contributed by atoms with Gasteiger partial charge in [-0.1, -0.05) is 32.4 Å². The molecule has 0 bridgehead atoms. The molecular formula is C20H21ClF3NO8. The maximum atomic E-state index is 13.6. The molecule has 9 nitrogen and oxygen atoms in total. The summed E-state index contributed by atoms with van der Waals surface area (Å²) in [7, 11) is 0. The first-order valence-corrected chi connectivity index (χ1v) is 9.78. The lowest BCUT2D eigenvalue weighted by atomic mass is 9.85. The van der Waals surface area contributed by atoms with Gasteiger partial charge in [-0.15, -0.1) is 10.1 Å². The van der Waals surface area contributed by atoms with Gasteiger partial charge >= 0.3 is 18.1 Å². The minimum Gasteiger partial charge on any atom is -0.475 e. The van der Waals surface area contributed by atoms with Crippen molar-refractivity contribution in [2.45, 2.75) is 57.9 Å². The van der Waals surface area contributed by atoms with Crippen molar-refractivity contribution in [1.29, 1.82) is 0 Å². The van der Waals surface area contributed by atoms with Crippen LogP contribution in [0.5, 0.6) is 5.75 Å². The summed E-state index contributed by atoms with van der Waals surface area (Å²) >= 11 is 6.26. The standard InChI is InChI=1S/C20H21ClF3NO8/c1-18(2,3)12-8-14-10(7-13(12)21)6-11(15(32-14)20(22,23)24)16(26)30-9-31-17(27)19(4,5)33-25(28)29/h6-8,15H,9H2,1-5H3. The lowest BCUT2D eigenvalue weighted by molar-refractivity contribution is -0.774. The number of hydrogen-bond donors (Lipinski definition) is 0. The molecule has 1 aliphatic heterocycles. The Balaban J connectivity index is 2.26. The van der Waals surface area contributed by atoms with Gasteiger partial charge < -0.3 is 14.2 Å². The first kappa shape index (κ1) is 26.2. The summed E-state index contributed by atoms with van der Waals surface area (Å²) in [6, 6.07) is 2.75. The van der Waals surface area contributed by atoms with Crippen LogP contribution in [0.3, 0.4) is 0 Å². The van der Waals surface area contributed by atoms with Gasteiger partial charge in [-0.25, -0.2) is 9.59 Å². The third-order valence-corrected chi connectivity index (χ3v) is 4.77. The summed E-state index contributed by atoms with van der Waals surface area (Å²) in [5.74, 6) is -2.87. The highest BCUT2D eigenvalue weighted by Crippen LogP contribution is 2.42. The van der Waals surface area contributed by atoms with Crippen LogP contribution < -0.4 is 4.74 Å². The quantitative estimate of drug-likeness (QED) is 0.247. The largest absolute Gasteiger partial charge is 0.475 e. The fourth-order valence-corrected chi connectivity index (χ4v) is 3.27. The maximum absolute atomic E-state index is 13.6. The molecule has 0 amide bonds. The SMILES string of the molecule is CC(C)(O[N+](=O)[O-])C(=O)OCOC(=O)C1=Cc2cc(Cl)c(C(C)(C)C)cc2OC1C(F)(F)F. The molecule has 1 aromatic rings. The molecule has 0 radical (unpaired) electrons. The smallest absolute Gasteiger partial charge is 0.430 e. The van der Waals surface area contributed by atoms with Crippen molar-refractivity contribution in [3.8, 4) is 5.75 Å². The minimum atomic E-state index is -4.97. The van der Waals surface area contributed by atoms with Gasteiger partial charge in [0.2, 0.25) is 18.5 Å². The topological polar surface area (TPSA) is 114 Å². The molecular weight excluding hydrogens is 475 g/mol. The van der Waals surface area contributed by atoms with Gasteiger partial charge in [-0.05, 0) is 43.0 Å². The number of halogens is 4. The number of rotatable bonds is 6. The third kappa shape index (κ3) is 6.28. The summed E-state index contributed by atoms with van der Waals surface area (Å²) in [6.07, 6.45) is -6.68. The zero-order valence-corrected chi connectivity index (χ0v) is 19.0. The Morgan fingerprint density at radius 1 is 1.15 bits per heavy atom. The second-order valence-electron chi connectivity index (χ2n) is 8.57. The first-order valence-electron chi connectivity index (χ1n) is 9.40. The Labute approximate surface area is 191 Å². The fourth-order valence-electron chi connectivity index (χ4n) is 2.82. The van der Waals surface area contributed by atoms with E-state index in [4.69, 9.17) is 16.3 Å². The van der Waals surface area contributed by atoms with E-state index in [2.05, 4.69) is 14.3 Å². The van der Waals surface area contributed by atoms with E-state index in [9.17, 15) is 32.9 Å². The van der Waals surface area contributed by atoms with Gasteiger partial charge in [-0.2, -0.15) is 13.2 Å². The van der Waals surface area contributed by atoms with Crippen LogP contribution in [0.2, 0.25) is 5.02 Å². The highest BCUT2D eigenvalue weighted by molar-refractivity contribution is 6.31. The van der Waals surface area contributed by atoms with E-state index in [1.54, 1.807) is 0 Å². The van der Waals surface area contributed by atoms with Crippen LogP contribution >= 0.6 is 11.6 Å². The average Bonchev–Trinajstić information content (AvgIpc) is 2.63. The molecule has 1 heterocycles. The lowest BCUT2D eigenvalue weighted by Crippen LogP contribution is -2.41. The zero-order chi connectivity index (χ0) is 25.4. The van der Waals surface area contributed by atoms with Crippen LogP contribution in [0.4, 0.5) is 13.2 Å². The maximum Gasteiger partial charge on any atom is 0.430 e. The number of esters is 2. The van der Waals surface area contributed by atoms with Gasteiger partial charge in [0.05, 0.1) is 5.57 Å². The highest BCUT2D eigenvalue weighted by atomic mass is 35.5. The van der Waals surface area contributed by atoms with E-state index < -0.39 is 52.7 Å². The van der Waals surface area contributed by atoms with Crippen LogP contribution in [0.15, 0.2) is 17.7 Å². The summed E-state index contributed by atoms with van der Waals surface area (Å²) < 4.78 is 55.1. The Kier molecular flexibility index (Phi) is 7.22. The number of nitrogens with zero attached hydrogens (tertiary/aromatic N) is 1. The second-order valence-corrected chi connectivity index (χ2v) is 8.97. The van der Waals surface area contributed by atoms with Crippen LogP contribution in [0.25, 0.3) is 6.08 Å². The molecule has 0 N–H and O–H groups in total. The van der Waals surface area contributed by atoms with Gasteiger partial charge in [0.15, 0.2) is 0 Å². The van der Waals surface area contributed by atoms with Gasteiger partial charge in [0.25, 0.3) is 5.09 Å². The highest BCUT2D eigenvalue weighted by Gasteiger charge is 2.49. The van der Waals surface area contributed by atoms with E-state index >= 15 is 0 Å².